The Morgan fingerprint density at radius 1 is 0.853 bits per heavy atom. The summed E-state index contributed by atoms with van der Waals surface area (Å²) in [6.45, 7) is 4.59. The number of carbonyl (C=O) groups is 3. The van der Waals surface area contributed by atoms with Gasteiger partial charge in [-0.25, -0.2) is 9.69 Å². The Bertz CT molecular complexity index is 1500. The second kappa shape index (κ2) is 8.48. The summed E-state index contributed by atoms with van der Waals surface area (Å²) in [5, 5.41) is 3.22. The summed E-state index contributed by atoms with van der Waals surface area (Å²) >= 11 is 0. The van der Waals surface area contributed by atoms with Crippen LogP contribution < -0.4 is 10.2 Å². The molecule has 6 nitrogen and oxygen atoms in total. The first-order valence-electron chi connectivity index (χ1n) is 11.0. The first-order valence-corrected chi connectivity index (χ1v) is 11.0. The average Bonchev–Trinajstić information content (AvgIpc) is 3.14. The Morgan fingerprint density at radius 2 is 1.59 bits per heavy atom. The number of urea groups is 1. The van der Waals surface area contributed by atoms with Crippen LogP contribution in [0.25, 0.3) is 17.0 Å². The van der Waals surface area contributed by atoms with Gasteiger partial charge < -0.3 is 4.57 Å². The first-order chi connectivity index (χ1) is 16.4. The van der Waals surface area contributed by atoms with E-state index < -0.39 is 17.8 Å². The van der Waals surface area contributed by atoms with Gasteiger partial charge in [-0.2, -0.15) is 0 Å². The monoisotopic (exact) mass is 449 g/mol. The number of barbiturate groups is 1. The summed E-state index contributed by atoms with van der Waals surface area (Å²) in [5.74, 6) is -1.34. The number of anilines is 1. The normalized spacial score (nSPS) is 15.3. The average molecular weight is 450 g/mol. The topological polar surface area (TPSA) is 71.4 Å². The van der Waals surface area contributed by atoms with Gasteiger partial charge in [-0.3, -0.25) is 14.9 Å². The van der Waals surface area contributed by atoms with Gasteiger partial charge in [0.2, 0.25) is 0 Å². The molecule has 5 rings (SSSR count). The van der Waals surface area contributed by atoms with Gasteiger partial charge in [-0.1, -0.05) is 60.2 Å². The van der Waals surface area contributed by atoms with Gasteiger partial charge in [0.1, 0.15) is 5.57 Å². The smallest absolute Gasteiger partial charge is 0.335 e. The van der Waals surface area contributed by atoms with Crippen molar-refractivity contribution in [3.63, 3.8) is 0 Å². The van der Waals surface area contributed by atoms with Crippen molar-refractivity contribution in [2.45, 2.75) is 20.4 Å². The van der Waals surface area contributed by atoms with Gasteiger partial charge in [-0.15, -0.1) is 0 Å². The molecule has 0 bridgehead atoms. The fourth-order valence-electron chi connectivity index (χ4n) is 4.34. The third kappa shape index (κ3) is 3.90. The number of imide groups is 2. The Morgan fingerprint density at radius 3 is 2.35 bits per heavy atom. The van der Waals surface area contributed by atoms with Crippen molar-refractivity contribution in [2.24, 2.45) is 0 Å². The summed E-state index contributed by atoms with van der Waals surface area (Å²) in [4.78, 5) is 39.5. The lowest BCUT2D eigenvalue weighted by molar-refractivity contribution is -0.122. The van der Waals surface area contributed by atoms with Crippen LogP contribution in [0.1, 0.15) is 22.3 Å². The molecule has 4 aromatic rings. The van der Waals surface area contributed by atoms with Crippen molar-refractivity contribution in [2.75, 3.05) is 4.90 Å². The number of benzene rings is 3. The maximum atomic E-state index is 13.3. The van der Waals surface area contributed by atoms with Crippen LogP contribution in [0.2, 0.25) is 0 Å². The molecule has 1 aliphatic heterocycles. The largest absolute Gasteiger partial charge is 0.342 e. The number of rotatable bonds is 4. The van der Waals surface area contributed by atoms with E-state index in [2.05, 4.69) is 35.0 Å². The predicted molar refractivity (Wildman–Crippen MR) is 132 cm³/mol. The highest BCUT2D eigenvalue weighted by Crippen LogP contribution is 2.27. The highest BCUT2D eigenvalue weighted by atomic mass is 16.2. The maximum Gasteiger partial charge on any atom is 0.335 e. The van der Waals surface area contributed by atoms with Crippen molar-refractivity contribution < 1.29 is 14.4 Å². The lowest BCUT2D eigenvalue weighted by Gasteiger charge is -2.26. The van der Waals surface area contributed by atoms with Crippen LogP contribution in [-0.2, 0) is 16.1 Å². The van der Waals surface area contributed by atoms with Crippen LogP contribution in [0.5, 0.6) is 0 Å². The maximum absolute atomic E-state index is 13.3. The molecule has 1 aliphatic rings. The van der Waals surface area contributed by atoms with E-state index in [-0.39, 0.29) is 5.57 Å². The second-order valence-corrected chi connectivity index (χ2v) is 8.52. The quantitative estimate of drug-likeness (QED) is 0.353. The number of amides is 4. The standard InChI is InChI=1S/C28H23N3O3/c1-18-7-5-9-20(13-18)16-30-17-21(23-11-3-4-12-25(23)30)15-24-26(32)29-28(34)31(27(24)33)22-10-6-8-19(2)14-22/h3-15,17H,16H2,1-2H3,(H,29,32,34)/b24-15+. The number of hydrogen-bond acceptors (Lipinski definition) is 3. The molecule has 34 heavy (non-hydrogen) atoms. The van der Waals surface area contributed by atoms with E-state index in [4.69, 9.17) is 0 Å². The fraction of sp³-hybridized carbons (Fsp3) is 0.107. The highest BCUT2D eigenvalue weighted by Gasteiger charge is 2.37. The van der Waals surface area contributed by atoms with Crippen LogP contribution >= 0.6 is 0 Å². The zero-order valence-electron chi connectivity index (χ0n) is 18.9. The van der Waals surface area contributed by atoms with E-state index in [0.717, 1.165) is 32.5 Å². The summed E-state index contributed by atoms with van der Waals surface area (Å²) < 4.78 is 2.10. The molecule has 0 aliphatic carbocycles. The molecule has 0 saturated carbocycles. The SMILES string of the molecule is Cc1cccc(Cn2cc(/C=C3\C(=O)NC(=O)N(c4cccc(C)c4)C3=O)c3ccccc32)c1. The number of fused-ring (bicyclic) bond motifs is 1. The molecule has 3 aromatic carbocycles. The Labute approximate surface area is 197 Å². The number of nitrogens with zero attached hydrogens (tertiary/aromatic N) is 2. The van der Waals surface area contributed by atoms with Gasteiger partial charge in [-0.05, 0) is 49.2 Å². The molecule has 0 spiro atoms. The van der Waals surface area contributed by atoms with Crippen LogP contribution in [0.15, 0.2) is 84.6 Å². The number of para-hydroxylation sites is 1. The number of aryl methyl sites for hydroxylation is 2. The molecule has 1 saturated heterocycles. The first kappa shape index (κ1) is 21.4. The van der Waals surface area contributed by atoms with Crippen LogP contribution in [0.3, 0.4) is 0 Å². The number of carbonyl (C=O) groups excluding carboxylic acids is 3. The third-order valence-electron chi connectivity index (χ3n) is 5.92. The summed E-state index contributed by atoms with van der Waals surface area (Å²) in [5.41, 5.74) is 5.30. The molecule has 0 radical (unpaired) electrons. The van der Waals surface area contributed by atoms with Crippen LogP contribution in [0.4, 0.5) is 10.5 Å². The zero-order valence-corrected chi connectivity index (χ0v) is 18.9. The summed E-state index contributed by atoms with van der Waals surface area (Å²) in [7, 11) is 0. The molecule has 168 valence electrons. The van der Waals surface area contributed by atoms with Crippen molar-refractivity contribution in [3.05, 3.63) is 107 Å². The molecule has 2 heterocycles. The van der Waals surface area contributed by atoms with E-state index in [9.17, 15) is 14.4 Å². The minimum atomic E-state index is -0.750. The third-order valence-corrected chi connectivity index (χ3v) is 5.92. The molecule has 0 unspecified atom stereocenters. The van der Waals surface area contributed by atoms with Crippen molar-refractivity contribution >= 4 is 40.5 Å². The molecule has 1 N–H and O–H groups in total. The fourth-order valence-corrected chi connectivity index (χ4v) is 4.34. The van der Waals surface area contributed by atoms with Gasteiger partial charge in [0.05, 0.1) is 5.69 Å². The lowest BCUT2D eigenvalue weighted by Crippen LogP contribution is -2.54. The predicted octanol–water partition coefficient (Wildman–Crippen LogP) is 4.97. The number of aromatic nitrogens is 1. The molecule has 0 atom stereocenters. The van der Waals surface area contributed by atoms with E-state index in [1.54, 1.807) is 24.3 Å². The second-order valence-electron chi connectivity index (χ2n) is 8.52. The van der Waals surface area contributed by atoms with E-state index in [1.807, 2.05) is 49.5 Å². The minimum Gasteiger partial charge on any atom is -0.342 e. The molecule has 4 amide bonds. The van der Waals surface area contributed by atoms with Gasteiger partial charge in [0.15, 0.2) is 0 Å². The van der Waals surface area contributed by atoms with Gasteiger partial charge in [0.25, 0.3) is 11.8 Å². The van der Waals surface area contributed by atoms with Crippen molar-refractivity contribution in [3.8, 4) is 0 Å². The number of nitrogens with one attached hydrogen (secondary N) is 1. The van der Waals surface area contributed by atoms with Gasteiger partial charge in [0, 0.05) is 29.2 Å². The Hall–Kier alpha value is -4.45. The van der Waals surface area contributed by atoms with Crippen LogP contribution in [0, 0.1) is 13.8 Å². The minimum absolute atomic E-state index is 0.0837. The lowest BCUT2D eigenvalue weighted by atomic mass is 10.1. The van der Waals surface area contributed by atoms with Crippen molar-refractivity contribution in [1.82, 2.24) is 9.88 Å². The van der Waals surface area contributed by atoms with Crippen molar-refractivity contribution in [1.29, 1.82) is 0 Å². The Kier molecular flexibility index (Phi) is 5.34. The molecular weight excluding hydrogens is 426 g/mol. The van der Waals surface area contributed by atoms with E-state index in [1.165, 1.54) is 5.56 Å². The molecule has 1 aromatic heterocycles. The highest BCUT2D eigenvalue weighted by molar-refractivity contribution is 6.39. The summed E-state index contributed by atoms with van der Waals surface area (Å²) in [6, 6.07) is 22.5. The van der Waals surface area contributed by atoms with Gasteiger partial charge >= 0.3 is 6.03 Å². The van der Waals surface area contributed by atoms with Crippen LogP contribution in [-0.4, -0.2) is 22.4 Å². The molecule has 1 fully saturated rings. The van der Waals surface area contributed by atoms with E-state index in [0.29, 0.717) is 12.2 Å². The Balaban J connectivity index is 1.57. The molecular formula is C28H23N3O3. The molecule has 6 heteroatoms. The summed E-state index contributed by atoms with van der Waals surface area (Å²) in [6.07, 6.45) is 3.51. The van der Waals surface area contributed by atoms with E-state index >= 15 is 0 Å². The zero-order chi connectivity index (χ0) is 23.8. The number of hydrogen-bond donors (Lipinski definition) is 1.